The van der Waals surface area contributed by atoms with Gasteiger partial charge in [-0.1, -0.05) is 0 Å². The topological polar surface area (TPSA) is 79.3 Å². The van der Waals surface area contributed by atoms with Crippen LogP contribution >= 0.6 is 0 Å². The Labute approximate surface area is 81.8 Å². The molecule has 5 nitrogen and oxygen atoms in total. The second-order valence-electron chi connectivity index (χ2n) is 3.22. The molecule has 14 heavy (non-hydrogen) atoms. The van der Waals surface area contributed by atoms with Crippen LogP contribution in [-0.4, -0.2) is 23.8 Å². The van der Waals surface area contributed by atoms with Crippen molar-refractivity contribution < 1.29 is 13.5 Å². The highest BCUT2D eigenvalue weighted by Crippen LogP contribution is 2.30. The monoisotopic (exact) mass is 214 g/mol. The molecule has 6 heteroatoms. The van der Waals surface area contributed by atoms with Crippen LogP contribution in [0.3, 0.4) is 0 Å². The predicted octanol–water partition coefficient (Wildman–Crippen LogP) is 0.691. The SMILES string of the molecule is O=S(=O)(Nc1ncccc1O)C1CC1. The van der Waals surface area contributed by atoms with Gasteiger partial charge < -0.3 is 5.11 Å². The lowest BCUT2D eigenvalue weighted by Crippen LogP contribution is -2.18. The minimum atomic E-state index is -3.34. The minimum Gasteiger partial charge on any atom is -0.504 e. The number of hydrogen-bond donors (Lipinski definition) is 2. The molecule has 1 saturated carbocycles. The van der Waals surface area contributed by atoms with Gasteiger partial charge in [0.15, 0.2) is 11.6 Å². The van der Waals surface area contributed by atoms with Gasteiger partial charge in [-0.2, -0.15) is 0 Å². The summed E-state index contributed by atoms with van der Waals surface area (Å²) in [4.78, 5) is 3.73. The average molecular weight is 214 g/mol. The molecule has 0 unspecified atom stereocenters. The molecule has 1 aliphatic carbocycles. The van der Waals surface area contributed by atoms with E-state index in [2.05, 4.69) is 9.71 Å². The number of anilines is 1. The fourth-order valence-corrected chi connectivity index (χ4v) is 2.42. The van der Waals surface area contributed by atoms with Crippen LogP contribution in [-0.2, 0) is 10.0 Å². The summed E-state index contributed by atoms with van der Waals surface area (Å²) in [6.45, 7) is 0. The Morgan fingerprint density at radius 3 is 2.79 bits per heavy atom. The molecule has 0 aliphatic heterocycles. The molecule has 0 spiro atoms. The molecule has 0 aromatic carbocycles. The third kappa shape index (κ3) is 1.79. The summed E-state index contributed by atoms with van der Waals surface area (Å²) < 4.78 is 25.2. The molecule has 0 saturated heterocycles. The van der Waals surface area contributed by atoms with Crippen molar-refractivity contribution in [1.29, 1.82) is 0 Å². The van der Waals surface area contributed by atoms with E-state index < -0.39 is 10.0 Å². The Bertz CT molecular complexity index is 440. The zero-order chi connectivity index (χ0) is 10.2. The van der Waals surface area contributed by atoms with Gasteiger partial charge in [0.05, 0.1) is 5.25 Å². The highest BCUT2D eigenvalue weighted by Gasteiger charge is 2.36. The summed E-state index contributed by atoms with van der Waals surface area (Å²) in [5.41, 5.74) is 0. The number of rotatable bonds is 3. The molecular weight excluding hydrogens is 204 g/mol. The average Bonchev–Trinajstić information content (AvgIpc) is 2.91. The van der Waals surface area contributed by atoms with Crippen molar-refractivity contribution in [3.8, 4) is 5.75 Å². The molecule has 1 aliphatic rings. The molecule has 1 aromatic heterocycles. The van der Waals surface area contributed by atoms with Crippen molar-refractivity contribution in [2.45, 2.75) is 18.1 Å². The number of aromatic hydroxyl groups is 1. The van der Waals surface area contributed by atoms with Crippen molar-refractivity contribution in [1.82, 2.24) is 4.98 Å². The first-order valence-corrected chi connectivity index (χ1v) is 5.80. The quantitative estimate of drug-likeness (QED) is 0.775. The number of nitrogens with one attached hydrogen (secondary N) is 1. The summed E-state index contributed by atoms with van der Waals surface area (Å²) in [7, 11) is -3.34. The Balaban J connectivity index is 2.22. The molecule has 0 atom stereocenters. The Morgan fingerprint density at radius 2 is 2.21 bits per heavy atom. The van der Waals surface area contributed by atoms with Gasteiger partial charge in [-0.15, -0.1) is 0 Å². The van der Waals surface area contributed by atoms with E-state index in [1.807, 2.05) is 0 Å². The first kappa shape index (κ1) is 9.26. The molecule has 2 N–H and O–H groups in total. The zero-order valence-corrected chi connectivity index (χ0v) is 8.16. The highest BCUT2D eigenvalue weighted by molar-refractivity contribution is 7.93. The first-order valence-electron chi connectivity index (χ1n) is 4.25. The lowest BCUT2D eigenvalue weighted by Gasteiger charge is -2.06. The van der Waals surface area contributed by atoms with Gasteiger partial charge in [0, 0.05) is 6.20 Å². The van der Waals surface area contributed by atoms with Crippen molar-refractivity contribution in [2.24, 2.45) is 0 Å². The predicted molar refractivity (Wildman–Crippen MR) is 51.5 cm³/mol. The van der Waals surface area contributed by atoms with E-state index in [0.717, 1.165) is 0 Å². The summed E-state index contributed by atoms with van der Waals surface area (Å²) in [5, 5.41) is 8.97. The Hall–Kier alpha value is -1.30. The van der Waals surface area contributed by atoms with E-state index in [1.165, 1.54) is 18.3 Å². The van der Waals surface area contributed by atoms with Crippen LogP contribution in [0.15, 0.2) is 18.3 Å². The number of sulfonamides is 1. The minimum absolute atomic E-state index is 0.000556. The van der Waals surface area contributed by atoms with E-state index in [4.69, 9.17) is 0 Å². The Kier molecular flexibility index (Phi) is 2.07. The van der Waals surface area contributed by atoms with Gasteiger partial charge in [0.25, 0.3) is 0 Å². The van der Waals surface area contributed by atoms with Gasteiger partial charge in [0.1, 0.15) is 0 Å². The number of pyridine rings is 1. The molecular formula is C8H10N2O3S. The standard InChI is InChI=1S/C8H10N2O3S/c11-7-2-1-5-9-8(7)10-14(12,13)6-3-4-6/h1-2,5-6,11H,3-4H2,(H,9,10). The van der Waals surface area contributed by atoms with Crippen LogP contribution in [0, 0.1) is 0 Å². The first-order chi connectivity index (χ1) is 6.59. The van der Waals surface area contributed by atoms with Crippen LogP contribution in [0.1, 0.15) is 12.8 Å². The van der Waals surface area contributed by atoms with E-state index in [-0.39, 0.29) is 16.8 Å². The third-order valence-corrected chi connectivity index (χ3v) is 3.82. The van der Waals surface area contributed by atoms with E-state index in [0.29, 0.717) is 12.8 Å². The highest BCUT2D eigenvalue weighted by atomic mass is 32.2. The fraction of sp³-hybridized carbons (Fsp3) is 0.375. The van der Waals surface area contributed by atoms with Crippen LogP contribution in [0.4, 0.5) is 5.82 Å². The van der Waals surface area contributed by atoms with Crippen LogP contribution in [0.5, 0.6) is 5.75 Å². The zero-order valence-electron chi connectivity index (χ0n) is 7.34. The van der Waals surface area contributed by atoms with Crippen LogP contribution < -0.4 is 4.72 Å². The van der Waals surface area contributed by atoms with Gasteiger partial charge in [-0.25, -0.2) is 13.4 Å². The smallest absolute Gasteiger partial charge is 0.236 e. The molecule has 0 radical (unpaired) electrons. The van der Waals surface area contributed by atoms with Crippen molar-refractivity contribution in [2.75, 3.05) is 4.72 Å². The lowest BCUT2D eigenvalue weighted by molar-refractivity contribution is 0.475. The van der Waals surface area contributed by atoms with Crippen LogP contribution in [0.2, 0.25) is 0 Å². The molecule has 2 rings (SSSR count). The number of nitrogens with zero attached hydrogens (tertiary/aromatic N) is 1. The number of hydrogen-bond acceptors (Lipinski definition) is 4. The lowest BCUT2D eigenvalue weighted by atomic mass is 10.4. The molecule has 0 amide bonds. The van der Waals surface area contributed by atoms with Crippen LogP contribution in [0.25, 0.3) is 0 Å². The second kappa shape index (κ2) is 3.13. The normalized spacial score (nSPS) is 16.6. The maximum atomic E-state index is 11.5. The fourth-order valence-electron chi connectivity index (χ4n) is 1.07. The second-order valence-corrected chi connectivity index (χ2v) is 5.18. The summed E-state index contributed by atoms with van der Waals surface area (Å²) in [6.07, 6.45) is 2.79. The van der Waals surface area contributed by atoms with E-state index >= 15 is 0 Å². The summed E-state index contributed by atoms with van der Waals surface area (Å²) >= 11 is 0. The van der Waals surface area contributed by atoms with Gasteiger partial charge in [0.2, 0.25) is 10.0 Å². The third-order valence-electron chi connectivity index (χ3n) is 1.99. The summed E-state index contributed by atoms with van der Waals surface area (Å²) in [5.74, 6) is -0.156. The molecule has 0 bridgehead atoms. The van der Waals surface area contributed by atoms with Gasteiger partial charge in [-0.05, 0) is 25.0 Å². The molecule has 1 heterocycles. The molecule has 76 valence electrons. The van der Waals surface area contributed by atoms with Crippen molar-refractivity contribution >= 4 is 15.8 Å². The number of aromatic nitrogens is 1. The molecule has 1 aromatic rings. The maximum Gasteiger partial charge on any atom is 0.236 e. The van der Waals surface area contributed by atoms with Crippen molar-refractivity contribution in [3.05, 3.63) is 18.3 Å². The Morgan fingerprint density at radius 1 is 1.50 bits per heavy atom. The van der Waals surface area contributed by atoms with E-state index in [9.17, 15) is 13.5 Å². The molecule has 1 fully saturated rings. The summed E-state index contributed by atoms with van der Waals surface area (Å²) in [6, 6.07) is 2.92. The van der Waals surface area contributed by atoms with E-state index in [1.54, 1.807) is 0 Å². The maximum absolute atomic E-state index is 11.5. The largest absolute Gasteiger partial charge is 0.504 e. The van der Waals surface area contributed by atoms with Gasteiger partial charge in [-0.3, -0.25) is 4.72 Å². The van der Waals surface area contributed by atoms with Gasteiger partial charge >= 0.3 is 0 Å². The van der Waals surface area contributed by atoms with Crippen molar-refractivity contribution in [3.63, 3.8) is 0 Å².